The van der Waals surface area contributed by atoms with Crippen LogP contribution in [0.5, 0.6) is 0 Å². The van der Waals surface area contributed by atoms with E-state index in [0.717, 1.165) is 11.8 Å². The number of alkyl halides is 1. The lowest BCUT2D eigenvalue weighted by Crippen LogP contribution is -2.34. The van der Waals surface area contributed by atoms with Crippen molar-refractivity contribution in [2.75, 3.05) is 13.1 Å². The lowest BCUT2D eigenvalue weighted by atomic mass is 9.85. The van der Waals surface area contributed by atoms with Crippen molar-refractivity contribution < 1.29 is 0 Å². The molecule has 2 rings (SSSR count). The SMILES string of the molecule is ClC1CC(CNCCC2CC2)C1. The Morgan fingerprint density at radius 2 is 1.92 bits per heavy atom. The van der Waals surface area contributed by atoms with Crippen LogP contribution in [0.4, 0.5) is 0 Å². The van der Waals surface area contributed by atoms with E-state index in [0.29, 0.717) is 5.38 Å². The molecule has 12 heavy (non-hydrogen) atoms. The highest BCUT2D eigenvalue weighted by atomic mass is 35.5. The lowest BCUT2D eigenvalue weighted by molar-refractivity contribution is 0.308. The van der Waals surface area contributed by atoms with Crippen molar-refractivity contribution in [2.45, 2.75) is 37.5 Å². The highest BCUT2D eigenvalue weighted by Gasteiger charge is 2.26. The highest BCUT2D eigenvalue weighted by Crippen LogP contribution is 2.32. The Kier molecular flexibility index (Phi) is 2.92. The molecule has 2 fully saturated rings. The molecule has 1 N–H and O–H groups in total. The molecule has 2 heteroatoms. The van der Waals surface area contributed by atoms with Crippen LogP contribution in [0.2, 0.25) is 0 Å². The monoisotopic (exact) mass is 187 g/mol. The van der Waals surface area contributed by atoms with Crippen LogP contribution in [0.15, 0.2) is 0 Å². The van der Waals surface area contributed by atoms with Gasteiger partial charge in [-0.05, 0) is 44.2 Å². The van der Waals surface area contributed by atoms with E-state index >= 15 is 0 Å². The van der Waals surface area contributed by atoms with E-state index in [-0.39, 0.29) is 0 Å². The Balaban J connectivity index is 1.41. The zero-order chi connectivity index (χ0) is 8.39. The maximum Gasteiger partial charge on any atom is 0.0342 e. The standard InChI is InChI=1S/C10H18ClN/c11-10-5-9(6-10)7-12-4-3-8-1-2-8/h8-10,12H,1-7H2. The first-order valence-corrected chi connectivity index (χ1v) is 5.63. The van der Waals surface area contributed by atoms with Gasteiger partial charge in [-0.2, -0.15) is 0 Å². The molecule has 1 nitrogen and oxygen atoms in total. The Hall–Kier alpha value is 0.250. The molecule has 0 bridgehead atoms. The first-order valence-electron chi connectivity index (χ1n) is 5.19. The van der Waals surface area contributed by atoms with E-state index in [1.54, 1.807) is 0 Å². The van der Waals surface area contributed by atoms with Crippen molar-refractivity contribution in [1.82, 2.24) is 5.32 Å². The molecule has 0 saturated heterocycles. The topological polar surface area (TPSA) is 12.0 Å². The highest BCUT2D eigenvalue weighted by molar-refractivity contribution is 6.21. The second-order valence-electron chi connectivity index (χ2n) is 4.37. The van der Waals surface area contributed by atoms with Crippen molar-refractivity contribution in [3.8, 4) is 0 Å². The molecular weight excluding hydrogens is 170 g/mol. The number of nitrogens with one attached hydrogen (secondary N) is 1. The molecule has 0 aromatic heterocycles. The summed E-state index contributed by atoms with van der Waals surface area (Å²) in [6.45, 7) is 2.43. The average Bonchev–Trinajstić information content (AvgIpc) is 2.77. The molecule has 0 atom stereocenters. The second-order valence-corrected chi connectivity index (χ2v) is 4.99. The molecule has 70 valence electrons. The fourth-order valence-electron chi connectivity index (χ4n) is 1.84. The fraction of sp³-hybridized carbons (Fsp3) is 1.00. The van der Waals surface area contributed by atoms with E-state index in [1.807, 2.05) is 0 Å². The maximum absolute atomic E-state index is 5.89. The van der Waals surface area contributed by atoms with Crippen LogP contribution in [0.1, 0.15) is 32.1 Å². The van der Waals surface area contributed by atoms with Gasteiger partial charge in [0.2, 0.25) is 0 Å². The summed E-state index contributed by atoms with van der Waals surface area (Å²) in [4.78, 5) is 0. The van der Waals surface area contributed by atoms with Gasteiger partial charge in [-0.3, -0.25) is 0 Å². The van der Waals surface area contributed by atoms with E-state index in [2.05, 4.69) is 5.32 Å². The zero-order valence-corrected chi connectivity index (χ0v) is 8.32. The van der Waals surface area contributed by atoms with E-state index in [4.69, 9.17) is 11.6 Å². The van der Waals surface area contributed by atoms with Crippen LogP contribution in [-0.4, -0.2) is 18.5 Å². The minimum atomic E-state index is 0.486. The molecule has 0 aromatic rings. The number of hydrogen-bond donors (Lipinski definition) is 1. The van der Waals surface area contributed by atoms with Gasteiger partial charge in [0, 0.05) is 5.38 Å². The van der Waals surface area contributed by atoms with E-state index in [1.165, 1.54) is 45.2 Å². The van der Waals surface area contributed by atoms with Gasteiger partial charge in [-0.1, -0.05) is 12.8 Å². The molecule has 2 saturated carbocycles. The Morgan fingerprint density at radius 1 is 1.17 bits per heavy atom. The molecule has 2 aliphatic rings. The predicted octanol–water partition coefficient (Wildman–Crippen LogP) is 2.39. The summed E-state index contributed by atoms with van der Waals surface area (Å²) in [7, 11) is 0. The van der Waals surface area contributed by atoms with Crippen molar-refractivity contribution in [2.24, 2.45) is 11.8 Å². The van der Waals surface area contributed by atoms with Crippen LogP contribution < -0.4 is 5.32 Å². The van der Waals surface area contributed by atoms with Crippen LogP contribution in [0.3, 0.4) is 0 Å². The van der Waals surface area contributed by atoms with Gasteiger partial charge >= 0.3 is 0 Å². The third-order valence-electron chi connectivity index (χ3n) is 3.04. The molecule has 0 heterocycles. The molecule has 0 spiro atoms. The third-order valence-corrected chi connectivity index (χ3v) is 3.39. The molecule has 0 aliphatic heterocycles. The number of halogens is 1. The molecule has 0 amide bonds. The summed E-state index contributed by atoms with van der Waals surface area (Å²) in [5.41, 5.74) is 0. The summed E-state index contributed by atoms with van der Waals surface area (Å²) < 4.78 is 0. The van der Waals surface area contributed by atoms with E-state index < -0.39 is 0 Å². The summed E-state index contributed by atoms with van der Waals surface area (Å²) in [6, 6.07) is 0. The smallest absolute Gasteiger partial charge is 0.0342 e. The lowest BCUT2D eigenvalue weighted by Gasteiger charge is -2.30. The van der Waals surface area contributed by atoms with Crippen molar-refractivity contribution in [3.05, 3.63) is 0 Å². The van der Waals surface area contributed by atoms with Crippen LogP contribution in [0.25, 0.3) is 0 Å². The van der Waals surface area contributed by atoms with Gasteiger partial charge in [0.1, 0.15) is 0 Å². The predicted molar refractivity (Wildman–Crippen MR) is 52.6 cm³/mol. The molecule has 0 aromatic carbocycles. The second kappa shape index (κ2) is 3.97. The van der Waals surface area contributed by atoms with Gasteiger partial charge in [-0.15, -0.1) is 11.6 Å². The van der Waals surface area contributed by atoms with Gasteiger partial charge in [0.05, 0.1) is 0 Å². The van der Waals surface area contributed by atoms with Crippen molar-refractivity contribution in [1.29, 1.82) is 0 Å². The molecule has 2 aliphatic carbocycles. The normalized spacial score (nSPS) is 34.8. The van der Waals surface area contributed by atoms with Gasteiger partial charge in [0.15, 0.2) is 0 Å². The molecule has 0 unspecified atom stereocenters. The van der Waals surface area contributed by atoms with Crippen molar-refractivity contribution >= 4 is 11.6 Å². The molecular formula is C10H18ClN. The van der Waals surface area contributed by atoms with Gasteiger partial charge in [0.25, 0.3) is 0 Å². The van der Waals surface area contributed by atoms with Crippen LogP contribution in [0, 0.1) is 11.8 Å². The molecule has 0 radical (unpaired) electrons. The van der Waals surface area contributed by atoms with E-state index in [9.17, 15) is 0 Å². The first-order chi connectivity index (χ1) is 5.84. The summed E-state index contributed by atoms with van der Waals surface area (Å²) >= 11 is 5.89. The minimum Gasteiger partial charge on any atom is -0.316 e. The Bertz CT molecular complexity index is 139. The number of hydrogen-bond acceptors (Lipinski definition) is 1. The average molecular weight is 188 g/mol. The summed E-state index contributed by atoms with van der Waals surface area (Å²) in [5, 5.41) is 4.01. The third kappa shape index (κ3) is 2.63. The fourth-order valence-corrected chi connectivity index (χ4v) is 2.34. The van der Waals surface area contributed by atoms with Crippen LogP contribution in [-0.2, 0) is 0 Å². The van der Waals surface area contributed by atoms with Gasteiger partial charge in [-0.25, -0.2) is 0 Å². The Morgan fingerprint density at radius 3 is 2.50 bits per heavy atom. The van der Waals surface area contributed by atoms with Gasteiger partial charge < -0.3 is 5.32 Å². The Labute approximate surface area is 79.9 Å². The first kappa shape index (κ1) is 8.83. The van der Waals surface area contributed by atoms with Crippen LogP contribution >= 0.6 is 11.6 Å². The summed E-state index contributed by atoms with van der Waals surface area (Å²) in [6.07, 6.45) is 6.83. The quantitative estimate of drug-likeness (QED) is 0.515. The number of rotatable bonds is 5. The minimum absolute atomic E-state index is 0.486. The zero-order valence-electron chi connectivity index (χ0n) is 7.56. The summed E-state index contributed by atoms with van der Waals surface area (Å²) in [5.74, 6) is 1.95. The maximum atomic E-state index is 5.89. The largest absolute Gasteiger partial charge is 0.316 e. The van der Waals surface area contributed by atoms with Crippen molar-refractivity contribution in [3.63, 3.8) is 0 Å².